The van der Waals surface area contributed by atoms with Crippen LogP contribution in [0.5, 0.6) is 11.5 Å². The van der Waals surface area contributed by atoms with Crippen molar-refractivity contribution >= 4 is 21.6 Å². The molecule has 7 nitrogen and oxygen atoms in total. The number of carbonyl (C=O) groups excluding carboxylic acids is 1. The van der Waals surface area contributed by atoms with Gasteiger partial charge in [0.15, 0.2) is 9.84 Å². The lowest BCUT2D eigenvalue weighted by atomic mass is 10.2. The van der Waals surface area contributed by atoms with Gasteiger partial charge in [-0.25, -0.2) is 13.2 Å². The van der Waals surface area contributed by atoms with Gasteiger partial charge in [0.1, 0.15) is 11.5 Å². The summed E-state index contributed by atoms with van der Waals surface area (Å²) in [5.74, 6) is 1.25. The summed E-state index contributed by atoms with van der Waals surface area (Å²) in [5.41, 5.74) is 0.456. The van der Waals surface area contributed by atoms with Crippen LogP contribution in [0.15, 0.2) is 18.2 Å². The van der Waals surface area contributed by atoms with E-state index in [9.17, 15) is 13.2 Å². The van der Waals surface area contributed by atoms with E-state index >= 15 is 0 Å². The molecule has 1 aromatic rings. The van der Waals surface area contributed by atoms with Crippen LogP contribution in [-0.4, -0.2) is 46.2 Å². The second-order valence-corrected chi connectivity index (χ2v) is 7.35. The number of benzene rings is 1. The van der Waals surface area contributed by atoms with E-state index in [1.807, 2.05) is 0 Å². The number of hydrogen-bond donors (Lipinski definition) is 2. The van der Waals surface area contributed by atoms with E-state index in [0.717, 1.165) is 0 Å². The van der Waals surface area contributed by atoms with Gasteiger partial charge in [-0.3, -0.25) is 0 Å². The van der Waals surface area contributed by atoms with Crippen LogP contribution < -0.4 is 20.1 Å². The summed E-state index contributed by atoms with van der Waals surface area (Å²) >= 11 is 0. The SMILES string of the molecule is COc1ccc(OC)c(NC(=O)NC2CCCS(=O)(=O)C2)c1. The molecule has 1 atom stereocenters. The Hall–Kier alpha value is -1.96. The average Bonchev–Trinajstić information content (AvgIpc) is 2.45. The predicted octanol–water partition coefficient (Wildman–Crippen LogP) is 1.40. The van der Waals surface area contributed by atoms with E-state index in [2.05, 4.69) is 10.6 Å². The third-order valence-corrected chi connectivity index (χ3v) is 5.27. The molecule has 1 aliphatic rings. The molecule has 122 valence electrons. The lowest BCUT2D eigenvalue weighted by Gasteiger charge is -2.23. The number of rotatable bonds is 4. The summed E-state index contributed by atoms with van der Waals surface area (Å²) in [6.45, 7) is 0. The number of anilines is 1. The number of sulfone groups is 1. The van der Waals surface area contributed by atoms with Crippen LogP contribution in [0, 0.1) is 0 Å². The van der Waals surface area contributed by atoms with E-state index in [0.29, 0.717) is 30.0 Å². The fraction of sp³-hybridized carbons (Fsp3) is 0.500. The highest BCUT2D eigenvalue weighted by Gasteiger charge is 2.26. The van der Waals surface area contributed by atoms with Crippen LogP contribution in [-0.2, 0) is 9.84 Å². The van der Waals surface area contributed by atoms with Gasteiger partial charge in [0.2, 0.25) is 0 Å². The minimum absolute atomic E-state index is 0.0182. The standard InChI is InChI=1S/C14H20N2O5S/c1-20-11-5-6-13(21-2)12(8-11)16-14(17)15-10-4-3-7-22(18,19)9-10/h5-6,8,10H,3-4,7,9H2,1-2H3,(H2,15,16,17). The molecule has 2 rings (SSSR count). The number of methoxy groups -OCH3 is 2. The molecule has 0 aromatic heterocycles. The van der Waals surface area contributed by atoms with Crippen molar-refractivity contribution in [2.45, 2.75) is 18.9 Å². The number of carbonyl (C=O) groups is 1. The topological polar surface area (TPSA) is 93.7 Å². The maximum atomic E-state index is 12.0. The van der Waals surface area contributed by atoms with Crippen LogP contribution in [0.3, 0.4) is 0 Å². The van der Waals surface area contributed by atoms with E-state index in [1.165, 1.54) is 14.2 Å². The van der Waals surface area contributed by atoms with Crippen molar-refractivity contribution in [1.82, 2.24) is 5.32 Å². The smallest absolute Gasteiger partial charge is 0.319 e. The zero-order valence-corrected chi connectivity index (χ0v) is 13.4. The molecular formula is C14H20N2O5S. The molecule has 22 heavy (non-hydrogen) atoms. The molecule has 1 heterocycles. The van der Waals surface area contributed by atoms with Crippen LogP contribution in [0.25, 0.3) is 0 Å². The number of hydrogen-bond acceptors (Lipinski definition) is 5. The molecule has 2 N–H and O–H groups in total. The molecule has 0 bridgehead atoms. The largest absolute Gasteiger partial charge is 0.497 e. The first-order valence-corrected chi connectivity index (χ1v) is 8.75. The Morgan fingerprint density at radius 1 is 1.27 bits per heavy atom. The summed E-state index contributed by atoms with van der Waals surface area (Å²) in [7, 11) is -0.0361. The third kappa shape index (κ3) is 4.27. The third-order valence-electron chi connectivity index (χ3n) is 3.45. The van der Waals surface area contributed by atoms with E-state index in [-0.39, 0.29) is 17.5 Å². The molecule has 2 amide bonds. The molecule has 1 fully saturated rings. The Bertz CT molecular complexity index is 645. The molecule has 8 heteroatoms. The van der Waals surface area contributed by atoms with Gasteiger partial charge in [-0.2, -0.15) is 0 Å². The second kappa shape index (κ2) is 6.87. The fourth-order valence-electron chi connectivity index (χ4n) is 2.39. The first-order valence-electron chi connectivity index (χ1n) is 6.93. The lowest BCUT2D eigenvalue weighted by Crippen LogP contribution is -2.44. The van der Waals surface area contributed by atoms with Gasteiger partial charge in [-0.1, -0.05) is 0 Å². The first-order chi connectivity index (χ1) is 10.4. The van der Waals surface area contributed by atoms with Gasteiger partial charge in [0, 0.05) is 12.1 Å². The summed E-state index contributed by atoms with van der Waals surface area (Å²) in [5, 5.41) is 5.35. The van der Waals surface area contributed by atoms with Gasteiger partial charge in [0.05, 0.1) is 31.4 Å². The van der Waals surface area contributed by atoms with Crippen molar-refractivity contribution in [2.24, 2.45) is 0 Å². The Morgan fingerprint density at radius 3 is 2.68 bits per heavy atom. The molecule has 0 spiro atoms. The van der Waals surface area contributed by atoms with Crippen LogP contribution >= 0.6 is 0 Å². The Balaban J connectivity index is 2.02. The molecule has 1 saturated heterocycles. The van der Waals surface area contributed by atoms with E-state index in [4.69, 9.17) is 9.47 Å². The highest BCUT2D eigenvalue weighted by Crippen LogP contribution is 2.28. The van der Waals surface area contributed by atoms with Gasteiger partial charge in [0.25, 0.3) is 0 Å². The Labute approximate surface area is 129 Å². The molecular weight excluding hydrogens is 308 g/mol. The van der Waals surface area contributed by atoms with Gasteiger partial charge < -0.3 is 20.1 Å². The Kier molecular flexibility index (Phi) is 5.12. The molecule has 0 saturated carbocycles. The number of ether oxygens (including phenoxy) is 2. The van der Waals surface area contributed by atoms with Gasteiger partial charge >= 0.3 is 6.03 Å². The van der Waals surface area contributed by atoms with Gasteiger partial charge in [-0.05, 0) is 25.0 Å². The zero-order valence-electron chi connectivity index (χ0n) is 12.6. The number of amides is 2. The monoisotopic (exact) mass is 328 g/mol. The van der Waals surface area contributed by atoms with Crippen molar-refractivity contribution in [2.75, 3.05) is 31.0 Å². The molecule has 1 aliphatic heterocycles. The van der Waals surface area contributed by atoms with Crippen molar-refractivity contribution in [3.63, 3.8) is 0 Å². The van der Waals surface area contributed by atoms with E-state index < -0.39 is 15.9 Å². The summed E-state index contributed by atoms with van der Waals surface area (Å²) < 4.78 is 33.4. The fourth-order valence-corrected chi connectivity index (χ4v) is 4.03. The molecule has 0 aliphatic carbocycles. The van der Waals surface area contributed by atoms with Crippen molar-refractivity contribution in [3.8, 4) is 11.5 Å². The number of nitrogens with one attached hydrogen (secondary N) is 2. The number of urea groups is 1. The molecule has 1 unspecified atom stereocenters. The second-order valence-electron chi connectivity index (χ2n) is 5.12. The zero-order chi connectivity index (χ0) is 16.2. The van der Waals surface area contributed by atoms with Crippen LogP contribution in [0.4, 0.5) is 10.5 Å². The average molecular weight is 328 g/mol. The normalized spacial score (nSPS) is 20.0. The maximum Gasteiger partial charge on any atom is 0.319 e. The summed E-state index contributed by atoms with van der Waals surface area (Å²) in [6, 6.07) is 4.20. The lowest BCUT2D eigenvalue weighted by molar-refractivity contribution is 0.248. The highest BCUT2D eigenvalue weighted by molar-refractivity contribution is 7.91. The Morgan fingerprint density at radius 2 is 2.05 bits per heavy atom. The minimum Gasteiger partial charge on any atom is -0.497 e. The van der Waals surface area contributed by atoms with Crippen molar-refractivity contribution < 1.29 is 22.7 Å². The van der Waals surface area contributed by atoms with Crippen molar-refractivity contribution in [3.05, 3.63) is 18.2 Å². The predicted molar refractivity (Wildman–Crippen MR) is 83.4 cm³/mol. The van der Waals surface area contributed by atoms with Crippen molar-refractivity contribution in [1.29, 1.82) is 0 Å². The van der Waals surface area contributed by atoms with E-state index in [1.54, 1.807) is 18.2 Å². The summed E-state index contributed by atoms with van der Waals surface area (Å²) in [6.07, 6.45) is 1.22. The molecule has 0 radical (unpaired) electrons. The van der Waals surface area contributed by atoms with Crippen LogP contribution in [0.1, 0.15) is 12.8 Å². The highest BCUT2D eigenvalue weighted by atomic mass is 32.2. The quantitative estimate of drug-likeness (QED) is 0.871. The summed E-state index contributed by atoms with van der Waals surface area (Å²) in [4.78, 5) is 12.0. The first kappa shape index (κ1) is 16.4. The molecule has 1 aromatic carbocycles. The maximum absolute atomic E-state index is 12.0. The van der Waals surface area contributed by atoms with Crippen LogP contribution in [0.2, 0.25) is 0 Å². The minimum atomic E-state index is -3.06. The van der Waals surface area contributed by atoms with Gasteiger partial charge in [-0.15, -0.1) is 0 Å².